The third-order valence-electron chi connectivity index (χ3n) is 9.20. The van der Waals surface area contributed by atoms with Crippen LogP contribution in [0.1, 0.15) is 53.9 Å². The van der Waals surface area contributed by atoms with Crippen LogP contribution in [-0.2, 0) is 32.6 Å². The minimum atomic E-state index is -5.94. The van der Waals surface area contributed by atoms with E-state index in [4.69, 9.17) is 37.4 Å². The maximum Gasteiger partial charge on any atom is 0.534 e. The lowest BCUT2D eigenvalue weighted by Crippen LogP contribution is -2.49. The van der Waals surface area contributed by atoms with Crippen molar-refractivity contribution in [1.29, 1.82) is 0 Å². The van der Waals surface area contributed by atoms with Crippen LogP contribution in [-0.4, -0.2) is 86.9 Å². The van der Waals surface area contributed by atoms with Gasteiger partial charge in [-0.3, -0.25) is 4.79 Å². The van der Waals surface area contributed by atoms with Crippen LogP contribution >= 0.6 is 23.2 Å². The number of hydrogen-bond acceptors (Lipinski definition) is 8. The van der Waals surface area contributed by atoms with Crippen LogP contribution in [0.25, 0.3) is 0 Å². The first-order chi connectivity index (χ1) is 25.6. The number of ether oxygens (including phenoxy) is 3. The van der Waals surface area contributed by atoms with Crippen molar-refractivity contribution in [1.82, 2.24) is 9.80 Å². The number of nitrogens with zero attached hydrogens (tertiary/aromatic N) is 2. The Morgan fingerprint density at radius 3 is 2.19 bits per heavy atom. The quantitative estimate of drug-likeness (QED) is 0.0873. The summed E-state index contributed by atoms with van der Waals surface area (Å²) in [5.41, 5.74) is -3.05. The second kappa shape index (κ2) is 17.7. The topological polar surface area (TPSA) is 132 Å². The van der Waals surface area contributed by atoms with Crippen LogP contribution in [0, 0.1) is 12.8 Å². The molecule has 1 saturated carbocycles. The fraction of sp³-hybridized carbons (Fsp3) is 0.459. The minimum absolute atomic E-state index is 0.0474. The Bertz CT molecular complexity index is 1890. The smallest absolute Gasteiger partial charge is 0.490 e. The summed E-state index contributed by atoms with van der Waals surface area (Å²) in [4.78, 5) is 29.3. The standard InChI is InChI=1S/C37H41Cl2F3N2O9S/c1-23-16-32(38)34(33(39)17-23)52-15-14-51-28-9-5-26(6-10-28)30-11-12-43(36(46)47)22-31(30)35(45)44(27-7-8-27)21-25-18-24(4-3-13-50-2)19-29(20-25)53-54(48,49)37(40,41)42/h5-6,9-10,16-20,27,30-31H,3-4,7-8,11-15,21-22H2,1-2H3,(H,46,47)/t30-,31+/m1/s1. The van der Waals surface area contributed by atoms with Gasteiger partial charge in [0.2, 0.25) is 5.91 Å². The Morgan fingerprint density at radius 1 is 0.926 bits per heavy atom. The number of amides is 2. The molecule has 1 N–H and O–H groups in total. The largest absolute Gasteiger partial charge is 0.534 e. The molecule has 2 amide bonds. The highest BCUT2D eigenvalue weighted by Gasteiger charge is 2.49. The highest BCUT2D eigenvalue weighted by Crippen LogP contribution is 2.39. The number of aryl methyl sites for hydroxylation is 2. The molecule has 0 bridgehead atoms. The van der Waals surface area contributed by atoms with Crippen molar-refractivity contribution in [3.05, 3.63) is 86.9 Å². The number of piperidine rings is 1. The Labute approximate surface area is 321 Å². The fourth-order valence-electron chi connectivity index (χ4n) is 6.50. The summed E-state index contributed by atoms with van der Waals surface area (Å²) < 4.78 is 84.5. The monoisotopic (exact) mass is 816 g/mol. The van der Waals surface area contributed by atoms with E-state index < -0.39 is 33.4 Å². The zero-order valence-corrected chi connectivity index (χ0v) is 31.9. The first kappa shape index (κ1) is 41.2. The second-order valence-electron chi connectivity index (χ2n) is 13.3. The third-order valence-corrected chi connectivity index (χ3v) is 10.7. The van der Waals surface area contributed by atoms with Gasteiger partial charge >= 0.3 is 21.7 Å². The molecule has 2 aliphatic rings. The van der Waals surface area contributed by atoms with E-state index in [2.05, 4.69) is 4.18 Å². The maximum atomic E-state index is 14.5. The van der Waals surface area contributed by atoms with Crippen LogP contribution < -0.4 is 13.7 Å². The molecule has 0 radical (unpaired) electrons. The van der Waals surface area contributed by atoms with Gasteiger partial charge in [-0.2, -0.15) is 21.6 Å². The number of carbonyl (C=O) groups is 2. The summed E-state index contributed by atoms with van der Waals surface area (Å²) in [6.07, 6.45) is 1.43. The summed E-state index contributed by atoms with van der Waals surface area (Å²) >= 11 is 12.5. The molecular weight excluding hydrogens is 776 g/mol. The molecule has 54 heavy (non-hydrogen) atoms. The average molecular weight is 818 g/mol. The number of carbonyl (C=O) groups excluding carboxylic acids is 1. The van der Waals surface area contributed by atoms with Crippen molar-refractivity contribution < 1.29 is 54.7 Å². The van der Waals surface area contributed by atoms with Crippen molar-refractivity contribution in [3.8, 4) is 17.2 Å². The van der Waals surface area contributed by atoms with E-state index in [-0.39, 0.29) is 50.7 Å². The van der Waals surface area contributed by atoms with Crippen molar-refractivity contribution in [3.63, 3.8) is 0 Å². The number of carboxylic acid groups (broad SMARTS) is 1. The molecule has 0 aromatic heterocycles. The third kappa shape index (κ3) is 10.6. The van der Waals surface area contributed by atoms with Gasteiger partial charge in [-0.15, -0.1) is 0 Å². The minimum Gasteiger partial charge on any atom is -0.490 e. The molecule has 3 aromatic rings. The highest BCUT2D eigenvalue weighted by molar-refractivity contribution is 7.88. The molecule has 0 spiro atoms. The van der Waals surface area contributed by atoms with Gasteiger partial charge in [-0.1, -0.05) is 41.4 Å². The average Bonchev–Trinajstić information content (AvgIpc) is 3.95. The van der Waals surface area contributed by atoms with E-state index in [0.29, 0.717) is 71.4 Å². The number of alkyl halides is 3. The molecular formula is C37H41Cl2F3N2O9S. The molecule has 1 saturated heterocycles. The van der Waals surface area contributed by atoms with Gasteiger partial charge in [0.1, 0.15) is 24.7 Å². The normalized spacial score (nSPS) is 17.6. The summed E-state index contributed by atoms with van der Waals surface area (Å²) in [7, 11) is -4.44. The Hall–Kier alpha value is -3.92. The predicted octanol–water partition coefficient (Wildman–Crippen LogP) is 7.84. The number of hydrogen-bond donors (Lipinski definition) is 1. The molecule has 11 nitrogen and oxygen atoms in total. The lowest BCUT2D eigenvalue weighted by Gasteiger charge is -2.39. The van der Waals surface area contributed by atoms with Crippen LogP contribution in [0.2, 0.25) is 10.0 Å². The van der Waals surface area contributed by atoms with Crippen LogP contribution in [0.4, 0.5) is 18.0 Å². The van der Waals surface area contributed by atoms with E-state index in [1.165, 1.54) is 24.1 Å². The number of halogens is 5. The van der Waals surface area contributed by atoms with Crippen molar-refractivity contribution in [2.75, 3.05) is 40.0 Å². The summed E-state index contributed by atoms with van der Waals surface area (Å²) in [6.45, 7) is 2.70. The number of benzene rings is 3. The van der Waals surface area contributed by atoms with Gasteiger partial charge in [-0.05, 0) is 104 Å². The lowest BCUT2D eigenvalue weighted by atomic mass is 9.79. The Morgan fingerprint density at radius 2 is 1.57 bits per heavy atom. The molecule has 0 unspecified atom stereocenters. The molecule has 2 fully saturated rings. The number of methoxy groups -OCH3 is 1. The summed E-state index contributed by atoms with van der Waals surface area (Å²) in [6, 6.07) is 14.6. The predicted molar refractivity (Wildman–Crippen MR) is 195 cm³/mol. The van der Waals surface area contributed by atoms with Crippen molar-refractivity contribution in [2.24, 2.45) is 5.92 Å². The molecule has 3 aromatic carbocycles. The van der Waals surface area contributed by atoms with Crippen LogP contribution in [0.5, 0.6) is 17.2 Å². The highest BCUT2D eigenvalue weighted by atomic mass is 35.5. The molecule has 17 heteroatoms. The maximum absolute atomic E-state index is 14.5. The van der Waals surface area contributed by atoms with Gasteiger partial charge in [0.05, 0.1) is 16.0 Å². The molecule has 1 aliphatic carbocycles. The molecule has 294 valence electrons. The van der Waals surface area contributed by atoms with Gasteiger partial charge < -0.3 is 33.3 Å². The van der Waals surface area contributed by atoms with E-state index >= 15 is 0 Å². The SMILES string of the molecule is COCCCc1cc(CN(C(=O)[C@H]2CN(C(=O)O)CC[C@@H]2c2ccc(OCCOc3c(Cl)cc(C)cc3Cl)cc2)C2CC2)cc(OS(=O)(=O)C(F)(F)F)c1. The first-order valence-corrected chi connectivity index (χ1v) is 19.4. The van der Waals surface area contributed by atoms with Gasteiger partial charge in [-0.25, -0.2) is 4.79 Å². The Balaban J connectivity index is 1.33. The van der Waals surface area contributed by atoms with Gasteiger partial charge in [0.15, 0.2) is 5.75 Å². The van der Waals surface area contributed by atoms with Crippen LogP contribution in [0.3, 0.4) is 0 Å². The van der Waals surface area contributed by atoms with Crippen LogP contribution in [0.15, 0.2) is 54.6 Å². The summed E-state index contributed by atoms with van der Waals surface area (Å²) in [5, 5.41) is 10.6. The van der Waals surface area contributed by atoms with E-state index in [0.717, 1.165) is 11.1 Å². The van der Waals surface area contributed by atoms with Crippen molar-refractivity contribution >= 4 is 45.3 Å². The molecule has 1 heterocycles. The number of rotatable bonds is 16. The molecule has 1 aliphatic heterocycles. The summed E-state index contributed by atoms with van der Waals surface area (Å²) in [5.74, 6) is -1.05. The van der Waals surface area contributed by atoms with Crippen molar-refractivity contribution in [2.45, 2.75) is 63.0 Å². The Kier molecular flexibility index (Phi) is 13.5. The molecule has 5 rings (SSSR count). The lowest BCUT2D eigenvalue weighted by molar-refractivity contribution is -0.139. The van der Waals surface area contributed by atoms with E-state index in [1.54, 1.807) is 35.2 Å². The van der Waals surface area contributed by atoms with E-state index in [9.17, 15) is 36.3 Å². The second-order valence-corrected chi connectivity index (χ2v) is 15.7. The zero-order chi connectivity index (χ0) is 39.2. The van der Waals surface area contributed by atoms with Gasteiger partial charge in [0, 0.05) is 39.4 Å². The zero-order valence-electron chi connectivity index (χ0n) is 29.6. The first-order valence-electron chi connectivity index (χ1n) is 17.3. The number of likely N-dealkylation sites (tertiary alicyclic amines) is 1. The van der Waals surface area contributed by atoms with E-state index in [1.807, 2.05) is 19.1 Å². The van der Waals surface area contributed by atoms with Gasteiger partial charge in [0.25, 0.3) is 0 Å². The molecule has 2 atom stereocenters. The fourth-order valence-corrected chi connectivity index (χ4v) is 7.65.